The number of hydrogen-bond acceptors (Lipinski definition) is 4. The molecule has 0 bridgehead atoms. The van der Waals surface area contributed by atoms with Crippen molar-refractivity contribution < 1.29 is 8.42 Å². The van der Waals surface area contributed by atoms with Crippen molar-refractivity contribution in [2.24, 2.45) is 16.8 Å². The SMILES string of the molecule is CC1CCCN(CCS(N)(=O)=O)C1CN. The Morgan fingerprint density at radius 3 is 2.67 bits per heavy atom. The van der Waals surface area contributed by atoms with Gasteiger partial charge in [-0.15, -0.1) is 0 Å². The summed E-state index contributed by atoms with van der Waals surface area (Å²) in [6, 6.07) is 0.306. The number of sulfonamides is 1. The smallest absolute Gasteiger partial charge is 0.210 e. The summed E-state index contributed by atoms with van der Waals surface area (Å²) < 4.78 is 21.7. The predicted octanol–water partition coefficient (Wildman–Crippen LogP) is -0.666. The van der Waals surface area contributed by atoms with E-state index in [0.29, 0.717) is 25.0 Å². The summed E-state index contributed by atoms with van der Waals surface area (Å²) in [6.45, 7) is 4.19. The second-order valence-electron chi connectivity index (χ2n) is 4.33. The van der Waals surface area contributed by atoms with Crippen molar-refractivity contribution in [1.82, 2.24) is 4.90 Å². The van der Waals surface area contributed by atoms with Crippen LogP contribution in [-0.4, -0.2) is 44.7 Å². The van der Waals surface area contributed by atoms with E-state index in [4.69, 9.17) is 10.9 Å². The number of piperidine rings is 1. The van der Waals surface area contributed by atoms with E-state index in [2.05, 4.69) is 11.8 Å². The van der Waals surface area contributed by atoms with E-state index in [1.165, 1.54) is 6.42 Å². The summed E-state index contributed by atoms with van der Waals surface area (Å²) in [6.07, 6.45) is 2.29. The first-order valence-electron chi connectivity index (χ1n) is 5.38. The third kappa shape index (κ3) is 4.06. The van der Waals surface area contributed by atoms with Crippen molar-refractivity contribution in [2.75, 3.05) is 25.4 Å². The molecule has 1 fully saturated rings. The van der Waals surface area contributed by atoms with E-state index in [1.54, 1.807) is 0 Å². The number of hydrogen-bond donors (Lipinski definition) is 2. The molecule has 0 aromatic heterocycles. The maximum absolute atomic E-state index is 10.9. The Labute approximate surface area is 91.9 Å². The Balaban J connectivity index is 2.51. The minimum absolute atomic E-state index is 0.0240. The molecule has 1 heterocycles. The van der Waals surface area contributed by atoms with Crippen LogP contribution in [0.15, 0.2) is 0 Å². The lowest BCUT2D eigenvalue weighted by Crippen LogP contribution is -2.50. The molecular weight excluding hydrogens is 214 g/mol. The van der Waals surface area contributed by atoms with Crippen molar-refractivity contribution in [1.29, 1.82) is 0 Å². The van der Waals surface area contributed by atoms with Gasteiger partial charge >= 0.3 is 0 Å². The topological polar surface area (TPSA) is 89.4 Å². The first kappa shape index (κ1) is 12.9. The van der Waals surface area contributed by atoms with E-state index in [9.17, 15) is 8.42 Å². The molecule has 1 saturated heterocycles. The van der Waals surface area contributed by atoms with Gasteiger partial charge in [0.2, 0.25) is 10.0 Å². The molecule has 0 radical (unpaired) electrons. The Kier molecular flexibility index (Phi) is 4.51. The summed E-state index contributed by atoms with van der Waals surface area (Å²) in [5.74, 6) is 0.570. The lowest BCUT2D eigenvalue weighted by Gasteiger charge is -2.39. The van der Waals surface area contributed by atoms with E-state index in [0.717, 1.165) is 13.0 Å². The van der Waals surface area contributed by atoms with Crippen LogP contribution in [0.1, 0.15) is 19.8 Å². The van der Waals surface area contributed by atoms with Crippen molar-refractivity contribution in [3.8, 4) is 0 Å². The zero-order valence-corrected chi connectivity index (χ0v) is 10.0. The molecule has 0 aromatic rings. The van der Waals surface area contributed by atoms with Gasteiger partial charge in [0.15, 0.2) is 0 Å². The molecule has 0 saturated carbocycles. The molecule has 1 aliphatic rings. The van der Waals surface area contributed by atoms with Gasteiger partial charge in [0.05, 0.1) is 5.75 Å². The third-order valence-electron chi connectivity index (χ3n) is 3.14. The fourth-order valence-electron chi connectivity index (χ4n) is 2.24. The summed E-state index contributed by atoms with van der Waals surface area (Å²) in [4.78, 5) is 2.15. The van der Waals surface area contributed by atoms with Gasteiger partial charge in [0, 0.05) is 19.1 Å². The van der Waals surface area contributed by atoms with Crippen LogP contribution in [0.4, 0.5) is 0 Å². The van der Waals surface area contributed by atoms with Crippen LogP contribution in [0.25, 0.3) is 0 Å². The van der Waals surface area contributed by atoms with Gasteiger partial charge in [-0.2, -0.15) is 0 Å². The van der Waals surface area contributed by atoms with E-state index in [-0.39, 0.29) is 5.75 Å². The van der Waals surface area contributed by atoms with Gasteiger partial charge in [-0.3, -0.25) is 4.90 Å². The monoisotopic (exact) mass is 235 g/mol. The Bertz CT molecular complexity index is 292. The maximum Gasteiger partial charge on any atom is 0.210 e. The summed E-state index contributed by atoms with van der Waals surface area (Å²) in [7, 11) is -3.36. The van der Waals surface area contributed by atoms with Gasteiger partial charge in [-0.25, -0.2) is 13.6 Å². The van der Waals surface area contributed by atoms with E-state index >= 15 is 0 Å². The molecule has 0 spiro atoms. The lowest BCUT2D eigenvalue weighted by atomic mass is 9.91. The zero-order chi connectivity index (χ0) is 11.5. The van der Waals surface area contributed by atoms with Gasteiger partial charge in [0.1, 0.15) is 0 Å². The Morgan fingerprint density at radius 1 is 1.47 bits per heavy atom. The van der Waals surface area contributed by atoms with E-state index in [1.807, 2.05) is 0 Å². The highest BCUT2D eigenvalue weighted by atomic mass is 32.2. The fourth-order valence-corrected chi connectivity index (χ4v) is 2.73. The van der Waals surface area contributed by atoms with Crippen LogP contribution in [-0.2, 0) is 10.0 Å². The first-order chi connectivity index (χ1) is 6.94. The average Bonchev–Trinajstić information content (AvgIpc) is 2.13. The van der Waals surface area contributed by atoms with Crippen molar-refractivity contribution in [2.45, 2.75) is 25.8 Å². The minimum Gasteiger partial charge on any atom is -0.329 e. The standard InChI is InChI=1S/C9H21N3O2S/c1-8-3-2-4-12(9(8)7-10)5-6-15(11,13)14/h8-9H,2-7,10H2,1H3,(H2,11,13,14). The summed E-state index contributed by atoms with van der Waals surface area (Å²) in [5, 5.41) is 4.99. The van der Waals surface area contributed by atoms with Crippen molar-refractivity contribution >= 4 is 10.0 Å². The lowest BCUT2D eigenvalue weighted by molar-refractivity contribution is 0.113. The molecule has 2 unspecified atom stereocenters. The van der Waals surface area contributed by atoms with Crippen LogP contribution in [0.5, 0.6) is 0 Å². The molecule has 0 aliphatic carbocycles. The van der Waals surface area contributed by atoms with Crippen LogP contribution < -0.4 is 10.9 Å². The second-order valence-corrected chi connectivity index (χ2v) is 6.06. The van der Waals surface area contributed by atoms with Gasteiger partial charge in [0.25, 0.3) is 0 Å². The largest absolute Gasteiger partial charge is 0.329 e. The molecule has 1 aliphatic heterocycles. The van der Waals surface area contributed by atoms with E-state index < -0.39 is 10.0 Å². The molecule has 2 atom stereocenters. The highest BCUT2D eigenvalue weighted by Crippen LogP contribution is 2.22. The number of nitrogens with two attached hydrogens (primary N) is 2. The number of primary sulfonamides is 1. The average molecular weight is 235 g/mol. The Morgan fingerprint density at radius 2 is 2.13 bits per heavy atom. The molecule has 0 amide bonds. The minimum atomic E-state index is -3.36. The number of nitrogens with zero attached hydrogens (tertiary/aromatic N) is 1. The van der Waals surface area contributed by atoms with Crippen LogP contribution in [0.3, 0.4) is 0 Å². The maximum atomic E-state index is 10.9. The van der Waals surface area contributed by atoms with Gasteiger partial charge in [-0.1, -0.05) is 6.92 Å². The van der Waals surface area contributed by atoms with Crippen molar-refractivity contribution in [3.63, 3.8) is 0 Å². The molecule has 4 N–H and O–H groups in total. The van der Waals surface area contributed by atoms with Crippen molar-refractivity contribution in [3.05, 3.63) is 0 Å². The molecule has 5 nitrogen and oxygen atoms in total. The molecule has 1 rings (SSSR count). The van der Waals surface area contributed by atoms with Crippen LogP contribution in [0, 0.1) is 5.92 Å². The summed E-state index contributed by atoms with van der Waals surface area (Å²) in [5.41, 5.74) is 5.70. The normalized spacial score (nSPS) is 29.3. The van der Waals surface area contributed by atoms with Crippen LogP contribution in [0.2, 0.25) is 0 Å². The third-order valence-corrected chi connectivity index (χ3v) is 3.89. The highest BCUT2D eigenvalue weighted by Gasteiger charge is 2.27. The second kappa shape index (κ2) is 5.25. The molecule has 90 valence electrons. The van der Waals surface area contributed by atoms with Gasteiger partial charge in [-0.05, 0) is 25.3 Å². The quantitative estimate of drug-likeness (QED) is 0.676. The first-order valence-corrected chi connectivity index (χ1v) is 7.10. The number of rotatable bonds is 4. The highest BCUT2D eigenvalue weighted by molar-refractivity contribution is 7.89. The fraction of sp³-hybridized carbons (Fsp3) is 1.00. The molecule has 6 heteroatoms. The number of likely N-dealkylation sites (tertiary alicyclic amines) is 1. The zero-order valence-electron chi connectivity index (χ0n) is 9.22. The molecule has 0 aromatic carbocycles. The summed E-state index contributed by atoms with van der Waals surface area (Å²) >= 11 is 0. The molecule has 15 heavy (non-hydrogen) atoms. The molecular formula is C9H21N3O2S. The predicted molar refractivity (Wildman–Crippen MR) is 60.8 cm³/mol. The van der Waals surface area contributed by atoms with Crippen LogP contribution >= 0.6 is 0 Å². The Hall–Kier alpha value is -0.170. The van der Waals surface area contributed by atoms with Gasteiger partial charge < -0.3 is 5.73 Å².